The zero-order valence-corrected chi connectivity index (χ0v) is 25.6. The molecule has 0 heterocycles. The summed E-state index contributed by atoms with van der Waals surface area (Å²) in [6.45, 7) is 2.25. The number of hydrazine groups is 1. The third kappa shape index (κ3) is 9.19. The minimum atomic E-state index is -2.52. The van der Waals surface area contributed by atoms with E-state index in [9.17, 15) is 43.8 Å². The van der Waals surface area contributed by atoms with Crippen molar-refractivity contribution >= 4 is 41.7 Å². The van der Waals surface area contributed by atoms with Crippen LogP contribution >= 0.6 is 0 Å². The van der Waals surface area contributed by atoms with Gasteiger partial charge < -0.3 is 38.6 Å². The Kier molecular flexibility index (Phi) is 12.0. The van der Waals surface area contributed by atoms with Crippen LogP contribution in [0.5, 0.6) is 28.7 Å². The number of carboxylic acids is 1. The molecule has 0 radical (unpaired) electrons. The van der Waals surface area contributed by atoms with Gasteiger partial charge in [-0.3, -0.25) is 30.0 Å². The van der Waals surface area contributed by atoms with Crippen LogP contribution in [0, 0.1) is 0 Å². The van der Waals surface area contributed by atoms with Gasteiger partial charge in [0.15, 0.2) is 23.0 Å². The van der Waals surface area contributed by atoms with Gasteiger partial charge in [-0.05, 0) is 48.5 Å². The molecular formula is C31H28N2O15. The average molecular weight is 669 g/mol. The highest BCUT2D eigenvalue weighted by atomic mass is 16.6. The van der Waals surface area contributed by atoms with Crippen molar-refractivity contribution in [2.45, 2.75) is 26.1 Å². The van der Waals surface area contributed by atoms with Crippen molar-refractivity contribution < 1.29 is 72.2 Å². The molecule has 17 nitrogen and oxygen atoms in total. The van der Waals surface area contributed by atoms with Crippen LogP contribution < -0.4 is 29.8 Å². The first-order chi connectivity index (χ1) is 22.7. The zero-order chi connectivity index (χ0) is 35.5. The number of aromatic hydroxyl groups is 1. The van der Waals surface area contributed by atoms with E-state index in [1.807, 2.05) is 10.9 Å². The van der Waals surface area contributed by atoms with Crippen molar-refractivity contribution in [3.63, 3.8) is 0 Å². The molecule has 0 aliphatic rings. The van der Waals surface area contributed by atoms with Crippen LogP contribution in [0.15, 0.2) is 60.7 Å². The molecule has 48 heavy (non-hydrogen) atoms. The number of carbonyl (C=O) groups excluding carboxylic acids is 6. The molecule has 0 aliphatic carbocycles. The molecule has 0 saturated carbocycles. The standard InChI is InChI=1S/C31H28N2O15/c1-15(34)45-21-11-9-17(13-23(21)43-3)30(41)47-25(28(38)33-32-27(37)19-7-5-6-8-20(19)36)26(29(39)40)48-31(42)18-10-12-22(46-16(2)35)24(14-18)44-4/h5-14,25-26,36H,1-4H3,(H,32,37)(H,33,38)(H,39,40)/t25-,26+/m0/s1. The monoisotopic (exact) mass is 668 g/mol. The van der Waals surface area contributed by atoms with Crippen molar-refractivity contribution in [2.75, 3.05) is 14.2 Å². The molecule has 0 fully saturated rings. The lowest BCUT2D eigenvalue weighted by Crippen LogP contribution is -2.54. The van der Waals surface area contributed by atoms with Crippen LogP contribution in [0.4, 0.5) is 0 Å². The van der Waals surface area contributed by atoms with E-state index in [0.29, 0.717) is 0 Å². The molecule has 3 aromatic rings. The summed E-state index contributed by atoms with van der Waals surface area (Å²) in [5.41, 5.74) is 2.90. The lowest BCUT2D eigenvalue weighted by molar-refractivity contribution is -0.159. The Morgan fingerprint density at radius 3 is 1.56 bits per heavy atom. The summed E-state index contributed by atoms with van der Waals surface area (Å²) < 4.78 is 30.4. The Bertz CT molecular complexity index is 1750. The van der Waals surface area contributed by atoms with Crippen molar-refractivity contribution in [1.82, 2.24) is 10.9 Å². The fourth-order valence-electron chi connectivity index (χ4n) is 3.85. The largest absolute Gasteiger partial charge is 0.507 e. The Labute approximate surface area is 271 Å². The number of rotatable bonds is 12. The Hall–Kier alpha value is -6.65. The normalized spacial score (nSPS) is 11.5. The summed E-state index contributed by atoms with van der Waals surface area (Å²) >= 11 is 0. The smallest absolute Gasteiger partial charge is 0.349 e. The second kappa shape index (κ2) is 16.1. The first kappa shape index (κ1) is 35.8. The maximum absolute atomic E-state index is 13.3. The van der Waals surface area contributed by atoms with Gasteiger partial charge in [0.1, 0.15) is 5.75 Å². The van der Waals surface area contributed by atoms with Crippen LogP contribution in [-0.4, -0.2) is 78.3 Å². The van der Waals surface area contributed by atoms with Crippen molar-refractivity contribution in [1.29, 1.82) is 0 Å². The van der Waals surface area contributed by atoms with E-state index < -0.39 is 59.6 Å². The van der Waals surface area contributed by atoms with Crippen LogP contribution in [0.1, 0.15) is 44.9 Å². The molecule has 3 rings (SSSR count). The predicted octanol–water partition coefficient (Wildman–Crippen LogP) is 1.56. The fourth-order valence-corrected chi connectivity index (χ4v) is 3.85. The number of aliphatic carboxylic acids is 1. The van der Waals surface area contributed by atoms with E-state index in [1.165, 1.54) is 44.6 Å². The van der Waals surface area contributed by atoms with Crippen LogP contribution in [0.2, 0.25) is 0 Å². The molecule has 4 N–H and O–H groups in total. The quantitative estimate of drug-likeness (QED) is 0.122. The molecule has 2 atom stereocenters. The number of hydrogen-bond acceptors (Lipinski definition) is 14. The van der Waals surface area contributed by atoms with E-state index in [0.717, 1.165) is 44.2 Å². The molecule has 0 spiro atoms. The van der Waals surface area contributed by atoms with E-state index in [2.05, 4.69) is 0 Å². The first-order valence-corrected chi connectivity index (χ1v) is 13.5. The highest BCUT2D eigenvalue weighted by Gasteiger charge is 2.41. The summed E-state index contributed by atoms with van der Waals surface area (Å²) in [5, 5.41) is 19.9. The fraction of sp³-hybridized carbons (Fsp3) is 0.194. The number of para-hydroxylation sites is 1. The molecule has 0 bridgehead atoms. The minimum Gasteiger partial charge on any atom is -0.507 e. The number of carbonyl (C=O) groups is 7. The number of nitrogens with one attached hydrogen (secondary N) is 2. The molecule has 0 aliphatic heterocycles. The van der Waals surface area contributed by atoms with Gasteiger partial charge >= 0.3 is 29.8 Å². The van der Waals surface area contributed by atoms with Gasteiger partial charge in [-0.15, -0.1) is 0 Å². The Balaban J connectivity index is 1.95. The number of ether oxygens (including phenoxy) is 6. The first-order valence-electron chi connectivity index (χ1n) is 13.5. The van der Waals surface area contributed by atoms with E-state index in [4.69, 9.17) is 28.4 Å². The summed E-state index contributed by atoms with van der Waals surface area (Å²) in [5.74, 6) is -9.34. The molecule has 17 heteroatoms. The average Bonchev–Trinajstić information content (AvgIpc) is 3.04. The van der Waals surface area contributed by atoms with Crippen LogP contribution in [0.3, 0.4) is 0 Å². The molecular weight excluding hydrogens is 640 g/mol. The van der Waals surface area contributed by atoms with Crippen molar-refractivity contribution in [3.8, 4) is 28.7 Å². The third-order valence-corrected chi connectivity index (χ3v) is 6.00. The highest BCUT2D eigenvalue weighted by molar-refractivity contribution is 6.00. The number of carboxylic acid groups (broad SMARTS) is 1. The number of amides is 2. The lowest BCUT2D eigenvalue weighted by atomic mass is 10.1. The molecule has 2 amide bonds. The summed E-state index contributed by atoms with van der Waals surface area (Å²) in [7, 11) is 2.41. The minimum absolute atomic E-state index is 0.0714. The van der Waals surface area contributed by atoms with Gasteiger partial charge in [0.2, 0.25) is 12.2 Å². The topological polar surface area (TPSA) is 239 Å². The molecule has 0 unspecified atom stereocenters. The van der Waals surface area contributed by atoms with Gasteiger partial charge in [-0.25, -0.2) is 14.4 Å². The second-order valence-electron chi connectivity index (χ2n) is 9.37. The zero-order valence-electron chi connectivity index (χ0n) is 25.6. The van der Waals surface area contributed by atoms with Crippen LogP contribution in [-0.2, 0) is 28.7 Å². The summed E-state index contributed by atoms with van der Waals surface area (Å²) in [4.78, 5) is 87.2. The van der Waals surface area contributed by atoms with Crippen molar-refractivity contribution in [2.24, 2.45) is 0 Å². The van der Waals surface area contributed by atoms with Gasteiger partial charge in [-0.1, -0.05) is 12.1 Å². The molecule has 0 saturated heterocycles. The maximum Gasteiger partial charge on any atom is 0.349 e. The van der Waals surface area contributed by atoms with E-state index in [-0.39, 0.29) is 39.7 Å². The van der Waals surface area contributed by atoms with Gasteiger partial charge in [0.05, 0.1) is 30.9 Å². The Morgan fingerprint density at radius 2 is 1.12 bits per heavy atom. The molecule has 0 aromatic heterocycles. The lowest BCUT2D eigenvalue weighted by Gasteiger charge is -2.24. The van der Waals surface area contributed by atoms with Gasteiger partial charge in [0.25, 0.3) is 11.8 Å². The number of methoxy groups -OCH3 is 2. The van der Waals surface area contributed by atoms with E-state index >= 15 is 0 Å². The Morgan fingerprint density at radius 1 is 0.646 bits per heavy atom. The van der Waals surface area contributed by atoms with Gasteiger partial charge in [-0.2, -0.15) is 0 Å². The van der Waals surface area contributed by atoms with Crippen LogP contribution in [0.25, 0.3) is 0 Å². The SMILES string of the molecule is COc1cc(C(=O)O[C@H](C(=O)NNC(=O)c2ccccc2O)[C@@H](OC(=O)c2ccc(OC(C)=O)c(OC)c2)C(=O)O)ccc1OC(C)=O. The van der Waals surface area contributed by atoms with E-state index in [1.54, 1.807) is 0 Å². The van der Waals surface area contributed by atoms with Gasteiger partial charge in [0, 0.05) is 13.8 Å². The summed E-state index contributed by atoms with van der Waals surface area (Å²) in [6.07, 6.45) is -4.98. The van der Waals surface area contributed by atoms with Crippen molar-refractivity contribution in [3.05, 3.63) is 77.4 Å². The number of phenolic OH excluding ortho intramolecular Hbond substituents is 1. The third-order valence-electron chi connectivity index (χ3n) is 6.00. The maximum atomic E-state index is 13.3. The molecule has 252 valence electrons. The second-order valence-corrected chi connectivity index (χ2v) is 9.37. The predicted molar refractivity (Wildman–Crippen MR) is 158 cm³/mol. The number of esters is 4. The molecule has 3 aromatic carbocycles. The summed E-state index contributed by atoms with van der Waals surface area (Å²) in [6, 6.07) is 11.9. The number of hydrogen-bond donors (Lipinski definition) is 4. The number of benzene rings is 3. The highest BCUT2D eigenvalue weighted by Crippen LogP contribution is 2.30. The number of phenols is 1.